The number of aromatic carboxylic acids is 1. The number of ether oxygens (including phenoxy) is 1. The first kappa shape index (κ1) is 11.4. The summed E-state index contributed by atoms with van der Waals surface area (Å²) in [5.74, 6) is 0.228. The number of nitrogens with one attached hydrogen (secondary N) is 1. The molecule has 1 saturated carbocycles. The molecular formula is C12H15N3O3. The van der Waals surface area contributed by atoms with Gasteiger partial charge in [-0.1, -0.05) is 0 Å². The molecule has 0 amide bonds. The van der Waals surface area contributed by atoms with Gasteiger partial charge in [-0.25, -0.2) is 14.8 Å². The van der Waals surface area contributed by atoms with Crippen molar-refractivity contribution in [1.29, 1.82) is 0 Å². The fourth-order valence-corrected chi connectivity index (χ4v) is 2.36. The highest BCUT2D eigenvalue weighted by molar-refractivity contribution is 5.84. The third-order valence-corrected chi connectivity index (χ3v) is 3.43. The van der Waals surface area contributed by atoms with Crippen molar-refractivity contribution < 1.29 is 14.6 Å². The summed E-state index contributed by atoms with van der Waals surface area (Å²) in [6.45, 7) is 0.777. The van der Waals surface area contributed by atoms with E-state index in [9.17, 15) is 4.79 Å². The summed E-state index contributed by atoms with van der Waals surface area (Å²) in [7, 11) is 0. The monoisotopic (exact) mass is 249 g/mol. The molecule has 1 aromatic rings. The van der Waals surface area contributed by atoms with Gasteiger partial charge in [0.25, 0.3) is 0 Å². The minimum Gasteiger partial charge on any atom is -0.476 e. The SMILES string of the molecule is O=C(O)c1cnc(NC2CCOC2C2CC2)cn1. The highest BCUT2D eigenvalue weighted by atomic mass is 16.5. The van der Waals surface area contributed by atoms with Gasteiger partial charge in [-0.05, 0) is 25.2 Å². The first-order chi connectivity index (χ1) is 8.74. The Morgan fingerprint density at radius 3 is 2.78 bits per heavy atom. The van der Waals surface area contributed by atoms with E-state index in [1.165, 1.54) is 25.2 Å². The fourth-order valence-electron chi connectivity index (χ4n) is 2.36. The molecule has 3 rings (SSSR count). The molecule has 2 atom stereocenters. The molecule has 1 aliphatic heterocycles. The molecular weight excluding hydrogens is 234 g/mol. The molecule has 0 bridgehead atoms. The van der Waals surface area contributed by atoms with E-state index in [0.717, 1.165) is 13.0 Å². The van der Waals surface area contributed by atoms with E-state index in [1.54, 1.807) is 0 Å². The van der Waals surface area contributed by atoms with Crippen LogP contribution in [0.15, 0.2) is 12.4 Å². The normalized spacial score (nSPS) is 27.1. The second-order valence-electron chi connectivity index (χ2n) is 4.80. The molecule has 6 heteroatoms. The van der Waals surface area contributed by atoms with E-state index >= 15 is 0 Å². The molecule has 1 saturated heterocycles. The maximum absolute atomic E-state index is 10.7. The Morgan fingerprint density at radius 2 is 2.17 bits per heavy atom. The topological polar surface area (TPSA) is 84.3 Å². The van der Waals surface area contributed by atoms with Gasteiger partial charge in [-0.3, -0.25) is 0 Å². The summed E-state index contributed by atoms with van der Waals surface area (Å²) in [6.07, 6.45) is 6.45. The van der Waals surface area contributed by atoms with Crippen LogP contribution in [0.4, 0.5) is 5.82 Å². The molecule has 0 spiro atoms. The number of anilines is 1. The lowest BCUT2D eigenvalue weighted by molar-refractivity contribution is 0.0690. The summed E-state index contributed by atoms with van der Waals surface area (Å²) >= 11 is 0. The van der Waals surface area contributed by atoms with Crippen molar-refractivity contribution in [3.63, 3.8) is 0 Å². The van der Waals surface area contributed by atoms with Crippen LogP contribution >= 0.6 is 0 Å². The lowest BCUT2D eigenvalue weighted by Gasteiger charge is -2.19. The summed E-state index contributed by atoms with van der Waals surface area (Å²) in [5.41, 5.74) is -0.0398. The van der Waals surface area contributed by atoms with Gasteiger partial charge in [0, 0.05) is 6.61 Å². The average Bonchev–Trinajstić information content (AvgIpc) is 3.11. The quantitative estimate of drug-likeness (QED) is 0.832. The number of hydrogen-bond donors (Lipinski definition) is 2. The molecule has 2 heterocycles. The third kappa shape index (κ3) is 2.28. The molecule has 2 fully saturated rings. The van der Waals surface area contributed by atoms with Crippen molar-refractivity contribution in [3.8, 4) is 0 Å². The molecule has 1 aliphatic carbocycles. The zero-order chi connectivity index (χ0) is 12.5. The second kappa shape index (κ2) is 4.53. The van der Waals surface area contributed by atoms with Gasteiger partial charge in [0.15, 0.2) is 5.69 Å². The van der Waals surface area contributed by atoms with Crippen LogP contribution in [-0.2, 0) is 4.74 Å². The van der Waals surface area contributed by atoms with Crippen LogP contribution in [0.5, 0.6) is 0 Å². The van der Waals surface area contributed by atoms with Gasteiger partial charge in [0.1, 0.15) is 5.82 Å². The third-order valence-electron chi connectivity index (χ3n) is 3.43. The molecule has 0 radical (unpaired) electrons. The smallest absolute Gasteiger partial charge is 0.356 e. The van der Waals surface area contributed by atoms with Gasteiger partial charge < -0.3 is 15.2 Å². The van der Waals surface area contributed by atoms with E-state index in [4.69, 9.17) is 9.84 Å². The summed E-state index contributed by atoms with van der Waals surface area (Å²) < 4.78 is 5.72. The zero-order valence-corrected chi connectivity index (χ0v) is 9.87. The van der Waals surface area contributed by atoms with Crippen molar-refractivity contribution in [2.24, 2.45) is 5.92 Å². The van der Waals surface area contributed by atoms with E-state index in [0.29, 0.717) is 11.7 Å². The Hall–Kier alpha value is -1.69. The number of nitrogens with zero attached hydrogens (tertiary/aromatic N) is 2. The van der Waals surface area contributed by atoms with Crippen LogP contribution in [-0.4, -0.2) is 39.8 Å². The van der Waals surface area contributed by atoms with Gasteiger partial charge in [0.2, 0.25) is 0 Å². The van der Waals surface area contributed by atoms with Crippen LogP contribution in [0.25, 0.3) is 0 Å². The van der Waals surface area contributed by atoms with Crippen LogP contribution in [0, 0.1) is 5.92 Å². The predicted octanol–water partition coefficient (Wildman–Crippen LogP) is 1.15. The van der Waals surface area contributed by atoms with E-state index < -0.39 is 5.97 Å². The Morgan fingerprint density at radius 1 is 1.33 bits per heavy atom. The van der Waals surface area contributed by atoms with E-state index in [-0.39, 0.29) is 17.8 Å². The summed E-state index contributed by atoms with van der Waals surface area (Å²) in [5, 5.41) is 12.0. The number of carbonyl (C=O) groups is 1. The number of carboxylic acid groups (broad SMARTS) is 1. The zero-order valence-electron chi connectivity index (χ0n) is 9.87. The number of rotatable bonds is 4. The summed E-state index contributed by atoms with van der Waals surface area (Å²) in [4.78, 5) is 18.6. The Kier molecular flexibility index (Phi) is 2.87. The first-order valence-electron chi connectivity index (χ1n) is 6.17. The van der Waals surface area contributed by atoms with Crippen LogP contribution in [0.2, 0.25) is 0 Å². The second-order valence-corrected chi connectivity index (χ2v) is 4.80. The number of hydrogen-bond acceptors (Lipinski definition) is 5. The molecule has 6 nitrogen and oxygen atoms in total. The highest BCUT2D eigenvalue weighted by Crippen LogP contribution is 2.39. The van der Waals surface area contributed by atoms with Crippen LogP contribution in [0.1, 0.15) is 29.8 Å². The Bertz CT molecular complexity index is 444. The molecule has 18 heavy (non-hydrogen) atoms. The summed E-state index contributed by atoms with van der Waals surface area (Å²) in [6, 6.07) is 0.266. The lowest BCUT2D eigenvalue weighted by Crippen LogP contribution is -2.31. The largest absolute Gasteiger partial charge is 0.476 e. The number of carboxylic acids is 1. The Balaban J connectivity index is 1.66. The number of aromatic nitrogens is 2. The van der Waals surface area contributed by atoms with Crippen LogP contribution < -0.4 is 5.32 Å². The van der Waals surface area contributed by atoms with Crippen LogP contribution in [0.3, 0.4) is 0 Å². The molecule has 2 N–H and O–H groups in total. The van der Waals surface area contributed by atoms with Gasteiger partial charge in [-0.2, -0.15) is 0 Å². The van der Waals surface area contributed by atoms with Gasteiger partial charge >= 0.3 is 5.97 Å². The maximum atomic E-state index is 10.7. The van der Waals surface area contributed by atoms with E-state index in [1.807, 2.05) is 0 Å². The van der Waals surface area contributed by atoms with Crippen molar-refractivity contribution in [1.82, 2.24) is 9.97 Å². The average molecular weight is 249 g/mol. The predicted molar refractivity (Wildman–Crippen MR) is 63.5 cm³/mol. The van der Waals surface area contributed by atoms with Gasteiger partial charge in [-0.15, -0.1) is 0 Å². The fraction of sp³-hybridized carbons (Fsp3) is 0.583. The van der Waals surface area contributed by atoms with Crippen molar-refractivity contribution in [2.45, 2.75) is 31.4 Å². The molecule has 2 unspecified atom stereocenters. The standard InChI is InChI=1S/C12H15N3O3/c16-12(17)9-5-14-10(6-13-9)15-8-3-4-18-11(8)7-1-2-7/h5-8,11H,1-4H2,(H,14,15)(H,16,17). The molecule has 0 aromatic carbocycles. The Labute approximate surface area is 104 Å². The molecule has 96 valence electrons. The van der Waals surface area contributed by atoms with Crippen molar-refractivity contribution >= 4 is 11.8 Å². The van der Waals surface area contributed by atoms with Crippen molar-refractivity contribution in [3.05, 3.63) is 18.1 Å². The van der Waals surface area contributed by atoms with Crippen molar-refractivity contribution in [2.75, 3.05) is 11.9 Å². The molecule has 1 aromatic heterocycles. The highest BCUT2D eigenvalue weighted by Gasteiger charge is 2.40. The minimum absolute atomic E-state index is 0.0398. The first-order valence-corrected chi connectivity index (χ1v) is 6.17. The minimum atomic E-state index is -1.06. The lowest BCUT2D eigenvalue weighted by atomic mass is 10.1. The maximum Gasteiger partial charge on any atom is 0.356 e. The molecule has 2 aliphatic rings. The van der Waals surface area contributed by atoms with Gasteiger partial charge in [0.05, 0.1) is 24.5 Å². The van der Waals surface area contributed by atoms with E-state index in [2.05, 4.69) is 15.3 Å².